The SMILES string of the molecule is CCOC(=O)CCCOc1ccc(OC)c(C=O)c1. The third-order valence-electron chi connectivity index (χ3n) is 2.43. The number of benzene rings is 1. The van der Waals surface area contributed by atoms with E-state index in [9.17, 15) is 9.59 Å². The highest BCUT2D eigenvalue weighted by Crippen LogP contribution is 2.22. The Balaban J connectivity index is 2.41. The normalized spacial score (nSPS) is 9.79. The van der Waals surface area contributed by atoms with Gasteiger partial charge in [-0.3, -0.25) is 9.59 Å². The second-order valence-electron chi connectivity index (χ2n) is 3.78. The van der Waals surface area contributed by atoms with E-state index in [0.717, 1.165) is 0 Å². The molecule has 0 fully saturated rings. The average Bonchev–Trinajstić information content (AvgIpc) is 2.43. The number of carbonyl (C=O) groups is 2. The maximum Gasteiger partial charge on any atom is 0.305 e. The van der Waals surface area contributed by atoms with E-state index < -0.39 is 0 Å². The molecule has 0 saturated carbocycles. The molecule has 0 atom stereocenters. The maximum absolute atomic E-state index is 11.1. The molecule has 0 aromatic heterocycles. The predicted octanol–water partition coefficient (Wildman–Crippen LogP) is 2.23. The second-order valence-corrected chi connectivity index (χ2v) is 3.78. The highest BCUT2D eigenvalue weighted by Gasteiger charge is 2.05. The number of methoxy groups -OCH3 is 1. The van der Waals surface area contributed by atoms with Crippen molar-refractivity contribution in [3.63, 3.8) is 0 Å². The highest BCUT2D eigenvalue weighted by atomic mass is 16.5. The van der Waals surface area contributed by atoms with E-state index in [0.29, 0.717) is 49.4 Å². The molecule has 0 bridgehead atoms. The number of ether oxygens (including phenoxy) is 3. The molecule has 0 unspecified atom stereocenters. The van der Waals surface area contributed by atoms with E-state index in [4.69, 9.17) is 14.2 Å². The van der Waals surface area contributed by atoms with E-state index in [2.05, 4.69) is 0 Å². The zero-order valence-electron chi connectivity index (χ0n) is 11.2. The van der Waals surface area contributed by atoms with Crippen LogP contribution in [0.15, 0.2) is 18.2 Å². The van der Waals surface area contributed by atoms with Gasteiger partial charge in [0.2, 0.25) is 0 Å². The Hall–Kier alpha value is -2.04. The molecule has 0 N–H and O–H groups in total. The van der Waals surface area contributed by atoms with Crippen LogP contribution in [0.4, 0.5) is 0 Å². The lowest BCUT2D eigenvalue weighted by Gasteiger charge is -2.08. The van der Waals surface area contributed by atoms with Crippen LogP contribution in [0.2, 0.25) is 0 Å². The van der Waals surface area contributed by atoms with Crippen molar-refractivity contribution in [2.24, 2.45) is 0 Å². The first-order valence-corrected chi connectivity index (χ1v) is 6.13. The highest BCUT2D eigenvalue weighted by molar-refractivity contribution is 5.80. The van der Waals surface area contributed by atoms with Gasteiger partial charge in [0, 0.05) is 6.42 Å². The first-order chi connectivity index (χ1) is 9.21. The number of carbonyl (C=O) groups excluding carboxylic acids is 2. The van der Waals surface area contributed by atoms with Crippen LogP contribution in [-0.4, -0.2) is 32.6 Å². The molecule has 0 aliphatic carbocycles. The number of esters is 1. The molecule has 0 saturated heterocycles. The molecule has 5 nitrogen and oxygen atoms in total. The molecule has 0 amide bonds. The van der Waals surface area contributed by atoms with Crippen molar-refractivity contribution < 1.29 is 23.8 Å². The van der Waals surface area contributed by atoms with Gasteiger partial charge in [-0.05, 0) is 31.5 Å². The number of rotatable bonds is 8. The summed E-state index contributed by atoms with van der Waals surface area (Å²) in [6.07, 6.45) is 1.61. The van der Waals surface area contributed by atoms with Gasteiger partial charge in [0.15, 0.2) is 6.29 Å². The molecule has 0 radical (unpaired) electrons. The van der Waals surface area contributed by atoms with E-state index >= 15 is 0 Å². The second kappa shape index (κ2) is 8.13. The lowest BCUT2D eigenvalue weighted by atomic mass is 10.2. The van der Waals surface area contributed by atoms with Crippen molar-refractivity contribution in [3.05, 3.63) is 23.8 Å². The zero-order chi connectivity index (χ0) is 14.1. The largest absolute Gasteiger partial charge is 0.496 e. The molecule has 1 aromatic rings. The fraction of sp³-hybridized carbons (Fsp3) is 0.429. The Morgan fingerprint density at radius 1 is 1.37 bits per heavy atom. The molecule has 0 spiro atoms. The Kier molecular flexibility index (Phi) is 6.43. The van der Waals surface area contributed by atoms with E-state index in [1.807, 2.05) is 0 Å². The van der Waals surface area contributed by atoms with Crippen LogP contribution >= 0.6 is 0 Å². The predicted molar refractivity (Wildman–Crippen MR) is 69.7 cm³/mol. The molecule has 0 aliphatic heterocycles. The summed E-state index contributed by atoms with van der Waals surface area (Å²) in [4.78, 5) is 21.9. The van der Waals surface area contributed by atoms with Crippen molar-refractivity contribution in [1.29, 1.82) is 0 Å². The summed E-state index contributed by atoms with van der Waals surface area (Å²) in [7, 11) is 1.50. The molecule has 5 heteroatoms. The molecular weight excluding hydrogens is 248 g/mol. The van der Waals surface area contributed by atoms with Gasteiger partial charge in [-0.1, -0.05) is 0 Å². The Morgan fingerprint density at radius 3 is 2.79 bits per heavy atom. The summed E-state index contributed by atoms with van der Waals surface area (Å²) in [5.41, 5.74) is 0.436. The molecule has 0 heterocycles. The molecule has 104 valence electrons. The minimum atomic E-state index is -0.227. The Labute approximate surface area is 112 Å². The molecule has 1 rings (SSSR count). The molecule has 19 heavy (non-hydrogen) atoms. The molecule has 1 aromatic carbocycles. The standard InChI is InChI=1S/C14H18O5/c1-3-18-14(16)5-4-8-19-12-6-7-13(17-2)11(9-12)10-15/h6-7,9-10H,3-5,8H2,1-2H3. The van der Waals surface area contributed by atoms with Gasteiger partial charge >= 0.3 is 5.97 Å². The minimum absolute atomic E-state index is 0.227. The van der Waals surface area contributed by atoms with Gasteiger partial charge in [-0.15, -0.1) is 0 Å². The fourth-order valence-electron chi connectivity index (χ4n) is 1.53. The number of hydrogen-bond donors (Lipinski definition) is 0. The van der Waals surface area contributed by atoms with Gasteiger partial charge in [-0.25, -0.2) is 0 Å². The summed E-state index contributed by atoms with van der Waals surface area (Å²) < 4.78 is 15.3. The quantitative estimate of drug-likeness (QED) is 0.410. The number of aldehydes is 1. The Bertz CT molecular complexity index is 428. The smallest absolute Gasteiger partial charge is 0.305 e. The van der Waals surface area contributed by atoms with Crippen LogP contribution in [0.25, 0.3) is 0 Å². The lowest BCUT2D eigenvalue weighted by Crippen LogP contribution is -2.06. The summed E-state index contributed by atoms with van der Waals surface area (Å²) in [5.74, 6) is 0.857. The third-order valence-corrected chi connectivity index (χ3v) is 2.43. The summed E-state index contributed by atoms with van der Waals surface area (Å²) in [6, 6.07) is 5.00. The van der Waals surface area contributed by atoms with E-state index in [1.54, 1.807) is 25.1 Å². The van der Waals surface area contributed by atoms with Crippen LogP contribution in [0, 0.1) is 0 Å². The van der Waals surface area contributed by atoms with Gasteiger partial charge < -0.3 is 14.2 Å². The monoisotopic (exact) mass is 266 g/mol. The third kappa shape index (κ3) is 4.99. The van der Waals surface area contributed by atoms with Gasteiger partial charge in [0.1, 0.15) is 11.5 Å². The van der Waals surface area contributed by atoms with Gasteiger partial charge in [0.05, 0.1) is 25.9 Å². The van der Waals surface area contributed by atoms with Crippen molar-refractivity contribution in [3.8, 4) is 11.5 Å². The van der Waals surface area contributed by atoms with Gasteiger partial charge in [0.25, 0.3) is 0 Å². The first-order valence-electron chi connectivity index (χ1n) is 6.13. The molecule has 0 aliphatic rings. The van der Waals surface area contributed by atoms with Gasteiger partial charge in [-0.2, -0.15) is 0 Å². The lowest BCUT2D eigenvalue weighted by molar-refractivity contribution is -0.143. The van der Waals surface area contributed by atoms with Crippen LogP contribution in [0.3, 0.4) is 0 Å². The van der Waals surface area contributed by atoms with Crippen molar-refractivity contribution in [2.75, 3.05) is 20.3 Å². The van der Waals surface area contributed by atoms with Crippen molar-refractivity contribution in [1.82, 2.24) is 0 Å². The summed E-state index contributed by atoms with van der Waals surface area (Å²) in [5, 5.41) is 0. The van der Waals surface area contributed by atoms with Crippen LogP contribution in [0.1, 0.15) is 30.1 Å². The zero-order valence-corrected chi connectivity index (χ0v) is 11.2. The average molecular weight is 266 g/mol. The first kappa shape index (κ1) is 15.0. The van der Waals surface area contributed by atoms with E-state index in [1.165, 1.54) is 7.11 Å². The fourth-order valence-corrected chi connectivity index (χ4v) is 1.53. The van der Waals surface area contributed by atoms with Crippen LogP contribution in [-0.2, 0) is 9.53 Å². The van der Waals surface area contributed by atoms with Crippen LogP contribution < -0.4 is 9.47 Å². The minimum Gasteiger partial charge on any atom is -0.496 e. The topological polar surface area (TPSA) is 61.8 Å². The molecular formula is C14H18O5. The Morgan fingerprint density at radius 2 is 2.16 bits per heavy atom. The van der Waals surface area contributed by atoms with Crippen LogP contribution in [0.5, 0.6) is 11.5 Å². The van der Waals surface area contributed by atoms with E-state index in [-0.39, 0.29) is 5.97 Å². The summed E-state index contributed by atoms with van der Waals surface area (Å²) in [6.45, 7) is 2.55. The number of hydrogen-bond acceptors (Lipinski definition) is 5. The van der Waals surface area contributed by atoms with Crippen molar-refractivity contribution >= 4 is 12.3 Å². The summed E-state index contributed by atoms with van der Waals surface area (Å²) >= 11 is 0. The van der Waals surface area contributed by atoms with Crippen molar-refractivity contribution in [2.45, 2.75) is 19.8 Å². The maximum atomic E-state index is 11.1.